The number of nitrogens with one attached hydrogen (secondary N) is 2. The van der Waals surface area contributed by atoms with Gasteiger partial charge in [0.05, 0.1) is 27.8 Å². The molecular formula is C18H21ClN6O2S2. The normalized spacial score (nSPS) is 10.8. The van der Waals surface area contributed by atoms with Crippen LogP contribution in [0.3, 0.4) is 0 Å². The second-order valence-electron chi connectivity index (χ2n) is 6.54. The standard InChI is InChI=1S/C18H21ClN6O2S2/c1-10-15(11(2)25(4)23-10)16(26)24(3)7-13-9-29-18(21-13)22-17(27)20-6-12-5-14(19)28-8-12/h5,8-9H,6-7H2,1-4H3,(H2,20,21,22,27). The third kappa shape index (κ3) is 5.14. The van der Waals surface area contributed by atoms with Crippen molar-refractivity contribution in [3.63, 3.8) is 0 Å². The Labute approximate surface area is 181 Å². The van der Waals surface area contributed by atoms with E-state index in [1.165, 1.54) is 22.7 Å². The van der Waals surface area contributed by atoms with Gasteiger partial charge in [-0.1, -0.05) is 11.6 Å². The molecular weight excluding hydrogens is 432 g/mol. The van der Waals surface area contributed by atoms with E-state index in [2.05, 4.69) is 20.7 Å². The number of anilines is 1. The van der Waals surface area contributed by atoms with Crippen LogP contribution in [-0.2, 0) is 20.1 Å². The average molecular weight is 453 g/mol. The van der Waals surface area contributed by atoms with E-state index in [4.69, 9.17) is 11.6 Å². The van der Waals surface area contributed by atoms with Gasteiger partial charge in [0, 0.05) is 31.7 Å². The van der Waals surface area contributed by atoms with Crippen LogP contribution in [0.25, 0.3) is 0 Å². The first kappa shape index (κ1) is 21.3. The van der Waals surface area contributed by atoms with E-state index in [1.54, 1.807) is 16.6 Å². The van der Waals surface area contributed by atoms with Crippen LogP contribution in [0.4, 0.5) is 9.93 Å². The third-order valence-corrected chi connectivity index (χ3v) is 6.26. The zero-order valence-corrected chi connectivity index (χ0v) is 18.8. The number of urea groups is 1. The number of amides is 3. The van der Waals surface area contributed by atoms with Gasteiger partial charge < -0.3 is 10.2 Å². The van der Waals surface area contributed by atoms with Crippen molar-refractivity contribution in [1.82, 2.24) is 25.0 Å². The minimum atomic E-state index is -0.348. The molecule has 154 valence electrons. The summed E-state index contributed by atoms with van der Waals surface area (Å²) in [4.78, 5) is 30.8. The highest BCUT2D eigenvalue weighted by atomic mass is 35.5. The van der Waals surface area contributed by atoms with E-state index in [9.17, 15) is 9.59 Å². The predicted molar refractivity (Wildman–Crippen MR) is 116 cm³/mol. The smallest absolute Gasteiger partial charge is 0.321 e. The van der Waals surface area contributed by atoms with Crippen molar-refractivity contribution in [2.75, 3.05) is 12.4 Å². The lowest BCUT2D eigenvalue weighted by Gasteiger charge is -2.16. The van der Waals surface area contributed by atoms with Crippen LogP contribution in [0, 0.1) is 13.8 Å². The van der Waals surface area contributed by atoms with Crippen LogP contribution in [0.5, 0.6) is 0 Å². The van der Waals surface area contributed by atoms with Crippen molar-refractivity contribution < 1.29 is 9.59 Å². The molecule has 3 aromatic rings. The Bertz CT molecular complexity index is 1040. The highest BCUT2D eigenvalue weighted by molar-refractivity contribution is 7.14. The molecule has 0 aromatic carbocycles. The second-order valence-corrected chi connectivity index (χ2v) is 8.94. The summed E-state index contributed by atoms with van der Waals surface area (Å²) in [5.74, 6) is -0.109. The molecule has 8 nitrogen and oxygen atoms in total. The third-order valence-electron chi connectivity index (χ3n) is 4.32. The molecule has 0 atom stereocenters. The van der Waals surface area contributed by atoms with E-state index >= 15 is 0 Å². The first-order valence-electron chi connectivity index (χ1n) is 8.72. The zero-order valence-electron chi connectivity index (χ0n) is 16.4. The van der Waals surface area contributed by atoms with Crippen molar-refractivity contribution in [2.24, 2.45) is 7.05 Å². The summed E-state index contributed by atoms with van der Waals surface area (Å²) >= 11 is 8.60. The van der Waals surface area contributed by atoms with Gasteiger partial charge in [0.2, 0.25) is 0 Å². The number of thiazole rings is 1. The first-order chi connectivity index (χ1) is 13.7. The van der Waals surface area contributed by atoms with Crippen molar-refractivity contribution in [3.05, 3.63) is 49.4 Å². The van der Waals surface area contributed by atoms with Crippen molar-refractivity contribution >= 4 is 51.3 Å². The van der Waals surface area contributed by atoms with Crippen LogP contribution < -0.4 is 10.6 Å². The molecule has 3 aromatic heterocycles. The minimum Gasteiger partial charge on any atom is -0.336 e. The van der Waals surface area contributed by atoms with E-state index in [0.717, 1.165) is 11.3 Å². The fourth-order valence-electron chi connectivity index (χ4n) is 2.79. The van der Waals surface area contributed by atoms with Gasteiger partial charge >= 0.3 is 6.03 Å². The molecule has 0 bridgehead atoms. The lowest BCUT2D eigenvalue weighted by Crippen LogP contribution is -2.28. The van der Waals surface area contributed by atoms with Crippen LogP contribution >= 0.6 is 34.3 Å². The molecule has 11 heteroatoms. The topological polar surface area (TPSA) is 92.2 Å². The fraction of sp³-hybridized carbons (Fsp3) is 0.333. The van der Waals surface area contributed by atoms with Crippen LogP contribution in [-0.4, -0.2) is 38.7 Å². The van der Waals surface area contributed by atoms with Gasteiger partial charge in [0.1, 0.15) is 0 Å². The Morgan fingerprint density at radius 1 is 1.28 bits per heavy atom. The first-order valence-corrected chi connectivity index (χ1v) is 10.9. The van der Waals surface area contributed by atoms with E-state index in [-0.39, 0.29) is 11.9 Å². The number of hydrogen-bond acceptors (Lipinski definition) is 6. The summed E-state index contributed by atoms with van der Waals surface area (Å²) in [6.07, 6.45) is 0. The lowest BCUT2D eigenvalue weighted by molar-refractivity contribution is 0.0782. The summed E-state index contributed by atoms with van der Waals surface area (Å²) in [5.41, 5.74) is 3.77. The van der Waals surface area contributed by atoms with Gasteiger partial charge in [0.25, 0.3) is 5.91 Å². The molecule has 0 aliphatic rings. The van der Waals surface area contributed by atoms with E-state index < -0.39 is 0 Å². The quantitative estimate of drug-likeness (QED) is 0.595. The van der Waals surface area contributed by atoms with Gasteiger partial charge in [-0.25, -0.2) is 9.78 Å². The fourth-order valence-corrected chi connectivity index (χ4v) is 4.39. The number of halogens is 1. The Morgan fingerprint density at radius 3 is 2.66 bits per heavy atom. The summed E-state index contributed by atoms with van der Waals surface area (Å²) in [7, 11) is 3.54. The Morgan fingerprint density at radius 2 is 2.03 bits per heavy atom. The number of aryl methyl sites for hydroxylation is 2. The summed E-state index contributed by atoms with van der Waals surface area (Å²) in [6.45, 7) is 4.41. The molecule has 0 saturated carbocycles. The molecule has 0 radical (unpaired) electrons. The highest BCUT2D eigenvalue weighted by Crippen LogP contribution is 2.21. The molecule has 0 saturated heterocycles. The molecule has 29 heavy (non-hydrogen) atoms. The van der Waals surface area contributed by atoms with Gasteiger partial charge in [-0.3, -0.25) is 14.8 Å². The van der Waals surface area contributed by atoms with Crippen LogP contribution in [0.1, 0.15) is 33.0 Å². The Balaban J connectivity index is 1.55. The Kier molecular flexibility index (Phi) is 6.56. The SMILES string of the molecule is Cc1nn(C)c(C)c1C(=O)N(C)Cc1csc(NC(=O)NCc2csc(Cl)c2)n1. The zero-order chi connectivity index (χ0) is 21.1. The molecule has 3 amide bonds. The number of carbonyl (C=O) groups is 2. The number of hydrogen-bond donors (Lipinski definition) is 2. The van der Waals surface area contributed by atoms with Gasteiger partial charge in [0.15, 0.2) is 5.13 Å². The van der Waals surface area contributed by atoms with E-state index in [1.807, 2.05) is 37.7 Å². The number of rotatable bonds is 6. The van der Waals surface area contributed by atoms with Crippen molar-refractivity contribution in [1.29, 1.82) is 0 Å². The molecule has 3 rings (SSSR count). The molecule has 0 spiro atoms. The monoisotopic (exact) mass is 452 g/mol. The van der Waals surface area contributed by atoms with Crippen LogP contribution in [0.15, 0.2) is 16.8 Å². The van der Waals surface area contributed by atoms with E-state index in [0.29, 0.717) is 39.5 Å². The maximum Gasteiger partial charge on any atom is 0.321 e. The predicted octanol–water partition coefficient (Wildman–Crippen LogP) is 3.80. The van der Waals surface area contributed by atoms with Gasteiger partial charge in [-0.15, -0.1) is 22.7 Å². The van der Waals surface area contributed by atoms with Crippen molar-refractivity contribution in [2.45, 2.75) is 26.9 Å². The molecule has 0 unspecified atom stereocenters. The number of nitrogens with zero attached hydrogens (tertiary/aromatic N) is 4. The van der Waals surface area contributed by atoms with Crippen LogP contribution in [0.2, 0.25) is 4.34 Å². The number of aromatic nitrogens is 3. The molecule has 2 N–H and O–H groups in total. The lowest BCUT2D eigenvalue weighted by atomic mass is 10.1. The number of thiophene rings is 1. The second kappa shape index (κ2) is 8.93. The number of carbonyl (C=O) groups excluding carboxylic acids is 2. The van der Waals surface area contributed by atoms with Gasteiger partial charge in [-0.2, -0.15) is 5.10 Å². The largest absolute Gasteiger partial charge is 0.336 e. The Hall–Kier alpha value is -2.43. The summed E-state index contributed by atoms with van der Waals surface area (Å²) < 4.78 is 2.38. The maximum atomic E-state index is 12.8. The highest BCUT2D eigenvalue weighted by Gasteiger charge is 2.21. The minimum absolute atomic E-state index is 0.109. The molecule has 0 aliphatic heterocycles. The summed E-state index contributed by atoms with van der Waals surface area (Å²) in [5, 5.41) is 13.9. The average Bonchev–Trinajstić information content (AvgIpc) is 3.34. The molecule has 0 aliphatic carbocycles. The maximum absolute atomic E-state index is 12.8. The van der Waals surface area contributed by atoms with Gasteiger partial charge in [-0.05, 0) is 30.9 Å². The van der Waals surface area contributed by atoms with Crippen molar-refractivity contribution in [3.8, 4) is 0 Å². The molecule has 3 heterocycles. The molecule has 0 fully saturated rings. The summed E-state index contributed by atoms with van der Waals surface area (Å²) in [6, 6.07) is 1.46.